The number of hydrogen-bond acceptors (Lipinski definition) is 6. The summed E-state index contributed by atoms with van der Waals surface area (Å²) in [7, 11) is -4.19. The first-order valence-electron chi connectivity index (χ1n) is 4.88. The molecule has 0 spiro atoms. The molecule has 0 fully saturated rings. The molecule has 2 aromatic rings. The molecule has 0 aliphatic heterocycles. The van der Waals surface area contributed by atoms with Gasteiger partial charge >= 0.3 is 0 Å². The molecule has 1 heterocycles. The van der Waals surface area contributed by atoms with Gasteiger partial charge in [-0.3, -0.25) is 14.8 Å². The van der Waals surface area contributed by atoms with Gasteiger partial charge in [0.05, 0.1) is 11.1 Å². The molecule has 1 aromatic carbocycles. The Morgan fingerprint density at radius 1 is 1.45 bits per heavy atom. The zero-order valence-corrected chi connectivity index (χ0v) is 11.8. The van der Waals surface area contributed by atoms with Gasteiger partial charge in [-0.1, -0.05) is 29.0 Å². The van der Waals surface area contributed by atoms with E-state index in [4.69, 9.17) is 11.6 Å². The van der Waals surface area contributed by atoms with E-state index in [1.54, 1.807) is 0 Å². The van der Waals surface area contributed by atoms with Gasteiger partial charge in [0.2, 0.25) is 0 Å². The minimum atomic E-state index is -4.19. The van der Waals surface area contributed by atoms with Crippen molar-refractivity contribution in [1.82, 2.24) is 4.98 Å². The zero-order chi connectivity index (χ0) is 14.9. The van der Waals surface area contributed by atoms with Crippen LogP contribution in [0.5, 0.6) is 0 Å². The molecule has 0 unspecified atom stereocenters. The van der Waals surface area contributed by atoms with Crippen LogP contribution in [0.25, 0.3) is 0 Å². The quantitative estimate of drug-likeness (QED) is 0.682. The molecule has 106 valence electrons. The summed E-state index contributed by atoms with van der Waals surface area (Å²) in [6, 6.07) is 3.00. The van der Waals surface area contributed by atoms with E-state index in [9.17, 15) is 22.9 Å². The molecule has 2 rings (SSSR count). The Kier molecular flexibility index (Phi) is 3.88. The number of aromatic nitrogens is 1. The molecule has 7 nitrogen and oxygen atoms in total. The van der Waals surface area contributed by atoms with Crippen molar-refractivity contribution in [1.29, 1.82) is 0 Å². The maximum Gasteiger partial charge on any atom is 0.296 e. The lowest BCUT2D eigenvalue weighted by Gasteiger charge is -2.07. The number of benzene rings is 1. The monoisotopic (exact) mass is 337 g/mol. The van der Waals surface area contributed by atoms with Crippen LogP contribution in [0.3, 0.4) is 0 Å². The number of rotatable bonds is 4. The molecule has 0 saturated carbocycles. The second-order valence-electron chi connectivity index (χ2n) is 3.43. The Morgan fingerprint density at radius 3 is 2.70 bits per heavy atom. The molecular weight excluding hydrogens is 333 g/mol. The number of para-hydroxylation sites is 1. The first kappa shape index (κ1) is 14.6. The number of thiazole rings is 1. The maximum atomic E-state index is 13.6. The Balaban J connectivity index is 2.47. The summed E-state index contributed by atoms with van der Waals surface area (Å²) in [4.78, 5) is 13.4. The van der Waals surface area contributed by atoms with Crippen LogP contribution in [0.1, 0.15) is 0 Å². The van der Waals surface area contributed by atoms with E-state index in [1.165, 1.54) is 0 Å². The molecule has 0 aliphatic carbocycles. The maximum absolute atomic E-state index is 13.6. The van der Waals surface area contributed by atoms with Crippen LogP contribution in [-0.2, 0) is 10.0 Å². The lowest BCUT2D eigenvalue weighted by molar-refractivity contribution is -0.384. The summed E-state index contributed by atoms with van der Waals surface area (Å²) >= 11 is 6.16. The predicted octanol–water partition coefficient (Wildman–Crippen LogP) is 2.64. The zero-order valence-electron chi connectivity index (χ0n) is 9.41. The van der Waals surface area contributed by atoms with Crippen LogP contribution in [0.2, 0.25) is 4.47 Å². The minimum Gasteiger partial charge on any atom is -0.270 e. The summed E-state index contributed by atoms with van der Waals surface area (Å²) in [5.41, 5.74) is -1.42. The second kappa shape index (κ2) is 5.31. The Morgan fingerprint density at radius 2 is 2.15 bits per heavy atom. The predicted molar refractivity (Wildman–Crippen MR) is 71.0 cm³/mol. The summed E-state index contributed by atoms with van der Waals surface area (Å²) in [5, 5.41) is 10.8. The van der Waals surface area contributed by atoms with E-state index in [1.807, 2.05) is 4.72 Å². The number of nitro benzene ring substituents is 1. The second-order valence-corrected chi connectivity index (χ2v) is 6.95. The van der Waals surface area contributed by atoms with Gasteiger partial charge in [-0.15, -0.1) is 0 Å². The van der Waals surface area contributed by atoms with E-state index >= 15 is 0 Å². The third-order valence-electron chi connectivity index (χ3n) is 2.15. The third-order valence-corrected chi connectivity index (χ3v) is 5.07. The van der Waals surface area contributed by atoms with E-state index < -0.39 is 32.1 Å². The van der Waals surface area contributed by atoms with Gasteiger partial charge in [-0.25, -0.2) is 17.8 Å². The van der Waals surface area contributed by atoms with Crippen LogP contribution in [-0.4, -0.2) is 18.3 Å². The molecule has 0 saturated heterocycles. The third kappa shape index (κ3) is 2.86. The molecule has 11 heteroatoms. The molecule has 0 amide bonds. The fraction of sp³-hybridized carbons (Fsp3) is 0. The van der Waals surface area contributed by atoms with Gasteiger partial charge in [-0.2, -0.15) is 0 Å². The highest BCUT2D eigenvalue weighted by atomic mass is 35.5. The first-order valence-corrected chi connectivity index (χ1v) is 7.56. The van der Waals surface area contributed by atoms with Crippen molar-refractivity contribution < 1.29 is 17.7 Å². The van der Waals surface area contributed by atoms with Gasteiger partial charge < -0.3 is 0 Å². The van der Waals surface area contributed by atoms with Crippen molar-refractivity contribution in [3.63, 3.8) is 0 Å². The largest absolute Gasteiger partial charge is 0.296 e. The van der Waals surface area contributed by atoms with Crippen molar-refractivity contribution in [2.45, 2.75) is 4.21 Å². The van der Waals surface area contributed by atoms with Gasteiger partial charge in [-0.05, 0) is 6.07 Å². The number of halogens is 2. The highest BCUT2D eigenvalue weighted by Crippen LogP contribution is 2.31. The molecular formula is C9H5ClFN3O4S2. The van der Waals surface area contributed by atoms with Crippen molar-refractivity contribution in [2.24, 2.45) is 0 Å². The average molecular weight is 338 g/mol. The van der Waals surface area contributed by atoms with Crippen molar-refractivity contribution >= 4 is 44.3 Å². The Bertz CT molecular complexity index is 777. The number of nitro groups is 1. The molecule has 20 heavy (non-hydrogen) atoms. The summed E-state index contributed by atoms with van der Waals surface area (Å²) in [5.74, 6) is -1.06. The van der Waals surface area contributed by atoms with Crippen LogP contribution < -0.4 is 4.72 Å². The van der Waals surface area contributed by atoms with Gasteiger partial charge in [0, 0.05) is 6.07 Å². The SMILES string of the molecule is O=[N+]([O-])c1cccc(F)c1NS(=O)(=O)c1cnc(Cl)s1. The summed E-state index contributed by atoms with van der Waals surface area (Å²) in [6.07, 6.45) is 0.974. The number of nitrogens with one attached hydrogen (secondary N) is 1. The van der Waals surface area contributed by atoms with Crippen LogP contribution >= 0.6 is 22.9 Å². The van der Waals surface area contributed by atoms with Crippen molar-refractivity contribution in [3.05, 3.63) is 44.8 Å². The fourth-order valence-electron chi connectivity index (χ4n) is 1.31. The van der Waals surface area contributed by atoms with Crippen molar-refractivity contribution in [3.8, 4) is 0 Å². The molecule has 1 N–H and O–H groups in total. The van der Waals surface area contributed by atoms with Gasteiger partial charge in [0.25, 0.3) is 15.7 Å². The number of hydrogen-bond donors (Lipinski definition) is 1. The lowest BCUT2D eigenvalue weighted by atomic mass is 10.2. The van der Waals surface area contributed by atoms with E-state index in [2.05, 4.69) is 4.98 Å². The smallest absolute Gasteiger partial charge is 0.270 e. The van der Waals surface area contributed by atoms with Crippen molar-refractivity contribution in [2.75, 3.05) is 4.72 Å². The number of anilines is 1. The van der Waals surface area contributed by atoms with E-state index in [-0.39, 0.29) is 8.68 Å². The molecule has 0 bridgehead atoms. The minimum absolute atomic E-state index is 0.0200. The van der Waals surface area contributed by atoms with E-state index in [0.717, 1.165) is 24.4 Å². The Hall–Kier alpha value is -1.78. The van der Waals surface area contributed by atoms with Crippen LogP contribution in [0, 0.1) is 15.9 Å². The molecule has 1 aromatic heterocycles. The number of nitrogens with zero attached hydrogens (tertiary/aromatic N) is 2. The highest BCUT2D eigenvalue weighted by Gasteiger charge is 2.25. The lowest BCUT2D eigenvalue weighted by Crippen LogP contribution is -2.14. The first-order chi connectivity index (χ1) is 9.31. The summed E-state index contributed by atoms with van der Waals surface area (Å²) < 4.78 is 39.0. The molecule has 0 atom stereocenters. The Labute approximate surface area is 121 Å². The number of sulfonamides is 1. The topological polar surface area (TPSA) is 102 Å². The molecule has 0 radical (unpaired) electrons. The van der Waals surface area contributed by atoms with Crippen LogP contribution in [0.4, 0.5) is 15.8 Å². The standard InChI is InChI=1S/C9H5ClFN3O4S2/c10-9-12-4-7(19-9)20(17,18)13-8-5(11)2-1-3-6(8)14(15)16/h1-4,13H. The van der Waals surface area contributed by atoms with E-state index in [0.29, 0.717) is 11.3 Å². The van der Waals surface area contributed by atoms with Gasteiger partial charge in [0.1, 0.15) is 0 Å². The van der Waals surface area contributed by atoms with Crippen LogP contribution in [0.15, 0.2) is 28.6 Å². The summed E-state index contributed by atoms with van der Waals surface area (Å²) in [6.45, 7) is 0. The molecule has 0 aliphatic rings. The average Bonchev–Trinajstić information content (AvgIpc) is 2.79. The normalized spacial score (nSPS) is 11.3. The highest BCUT2D eigenvalue weighted by molar-refractivity contribution is 7.94. The fourth-order valence-corrected chi connectivity index (χ4v) is 3.69. The van der Waals surface area contributed by atoms with Gasteiger partial charge in [0.15, 0.2) is 20.2 Å².